The predicted molar refractivity (Wildman–Crippen MR) is 78.7 cm³/mol. The molecule has 1 heterocycles. The van der Waals surface area contributed by atoms with Crippen molar-refractivity contribution >= 4 is 35.1 Å². The number of halogens is 1. The summed E-state index contributed by atoms with van der Waals surface area (Å²) in [6.07, 6.45) is 2.98. The Kier molecular flexibility index (Phi) is 6.90. The number of anilines is 1. The maximum Gasteiger partial charge on any atom is 0.271 e. The third-order valence-electron chi connectivity index (χ3n) is 2.23. The van der Waals surface area contributed by atoms with Crippen LogP contribution in [-0.4, -0.2) is 36.0 Å². The minimum Gasteiger partial charge on any atom is -0.370 e. The monoisotopic (exact) mass is 287 g/mol. The van der Waals surface area contributed by atoms with E-state index in [1.165, 1.54) is 0 Å². The third-order valence-corrected chi connectivity index (χ3v) is 3.23. The predicted octanol–water partition coefficient (Wildman–Crippen LogP) is 2.65. The molecule has 0 atom stereocenters. The van der Waals surface area contributed by atoms with Crippen LogP contribution < -0.4 is 10.6 Å². The molecule has 1 amide bonds. The highest BCUT2D eigenvalue weighted by Crippen LogP contribution is 2.16. The highest BCUT2D eigenvalue weighted by Gasteiger charge is 2.12. The number of hydrogen-bond donors (Lipinski definition) is 2. The van der Waals surface area contributed by atoms with Crippen LogP contribution in [0.3, 0.4) is 0 Å². The zero-order chi connectivity index (χ0) is 13.4. The average Bonchev–Trinajstić information content (AvgIpc) is 2.37. The molecule has 0 aromatic carbocycles. The Morgan fingerprint density at radius 1 is 1.50 bits per heavy atom. The van der Waals surface area contributed by atoms with Gasteiger partial charge in [-0.3, -0.25) is 4.79 Å². The first-order valence-corrected chi connectivity index (χ1v) is 7.63. The molecular formula is C12H18ClN3OS. The van der Waals surface area contributed by atoms with Crippen molar-refractivity contribution in [2.75, 3.05) is 30.4 Å². The molecule has 1 aromatic heterocycles. The van der Waals surface area contributed by atoms with Gasteiger partial charge in [0.15, 0.2) is 0 Å². The number of rotatable bonds is 7. The molecule has 0 saturated heterocycles. The summed E-state index contributed by atoms with van der Waals surface area (Å²) >= 11 is 7.73. The standard InChI is InChI=1S/C12H18ClN3OS/c1-3-14-10-6-5-9(13)11(16-10)12(17)15-7-4-8-18-2/h5-6H,3-4,7-8H2,1-2H3,(H,14,16)(H,15,17). The molecule has 100 valence electrons. The van der Waals surface area contributed by atoms with Gasteiger partial charge >= 0.3 is 0 Å². The first kappa shape index (κ1) is 15.1. The Hall–Kier alpha value is -0.940. The van der Waals surface area contributed by atoms with Crippen molar-refractivity contribution in [2.45, 2.75) is 13.3 Å². The van der Waals surface area contributed by atoms with Crippen LogP contribution in [0, 0.1) is 0 Å². The lowest BCUT2D eigenvalue weighted by molar-refractivity contribution is 0.0949. The topological polar surface area (TPSA) is 54.0 Å². The summed E-state index contributed by atoms with van der Waals surface area (Å²) in [4.78, 5) is 16.1. The zero-order valence-corrected chi connectivity index (χ0v) is 12.2. The van der Waals surface area contributed by atoms with Crippen LogP contribution >= 0.6 is 23.4 Å². The minimum absolute atomic E-state index is 0.221. The van der Waals surface area contributed by atoms with E-state index in [0.717, 1.165) is 18.7 Å². The molecule has 0 unspecified atom stereocenters. The Morgan fingerprint density at radius 3 is 2.94 bits per heavy atom. The van der Waals surface area contributed by atoms with Gasteiger partial charge in [-0.25, -0.2) is 4.98 Å². The molecule has 4 nitrogen and oxygen atoms in total. The number of carbonyl (C=O) groups is 1. The fourth-order valence-corrected chi connectivity index (χ4v) is 2.01. The molecule has 18 heavy (non-hydrogen) atoms. The van der Waals surface area contributed by atoms with Gasteiger partial charge in [0.05, 0.1) is 5.02 Å². The lowest BCUT2D eigenvalue weighted by atomic mass is 10.3. The highest BCUT2D eigenvalue weighted by atomic mass is 35.5. The smallest absolute Gasteiger partial charge is 0.271 e. The van der Waals surface area contributed by atoms with Crippen LogP contribution in [0.5, 0.6) is 0 Å². The number of carbonyl (C=O) groups excluding carboxylic acids is 1. The maximum atomic E-state index is 11.9. The van der Waals surface area contributed by atoms with Crippen LogP contribution in [0.2, 0.25) is 5.02 Å². The second-order valence-electron chi connectivity index (χ2n) is 3.66. The number of nitrogens with one attached hydrogen (secondary N) is 2. The van der Waals surface area contributed by atoms with Gasteiger partial charge in [-0.15, -0.1) is 0 Å². The van der Waals surface area contributed by atoms with Gasteiger partial charge in [0.25, 0.3) is 5.91 Å². The largest absolute Gasteiger partial charge is 0.370 e. The van der Waals surface area contributed by atoms with E-state index in [9.17, 15) is 4.79 Å². The molecule has 2 N–H and O–H groups in total. The molecule has 0 bridgehead atoms. The van der Waals surface area contributed by atoms with Gasteiger partial charge in [-0.05, 0) is 37.5 Å². The van der Waals surface area contributed by atoms with Gasteiger partial charge in [-0.1, -0.05) is 11.6 Å². The molecule has 0 fully saturated rings. The fraction of sp³-hybridized carbons (Fsp3) is 0.500. The maximum absolute atomic E-state index is 11.9. The van der Waals surface area contributed by atoms with Crippen LogP contribution in [0.4, 0.5) is 5.82 Å². The van der Waals surface area contributed by atoms with Crippen LogP contribution in [0.1, 0.15) is 23.8 Å². The molecule has 0 radical (unpaired) electrons. The Labute approximate surface area is 117 Å². The quantitative estimate of drug-likeness (QED) is 0.757. The van der Waals surface area contributed by atoms with E-state index in [2.05, 4.69) is 15.6 Å². The summed E-state index contributed by atoms with van der Waals surface area (Å²) in [5.41, 5.74) is 0.277. The Balaban J connectivity index is 2.63. The lowest BCUT2D eigenvalue weighted by Crippen LogP contribution is -2.26. The van der Waals surface area contributed by atoms with Crippen molar-refractivity contribution in [2.24, 2.45) is 0 Å². The molecule has 6 heteroatoms. The second kappa shape index (κ2) is 8.21. The molecule has 0 saturated carbocycles. The van der Waals surface area contributed by atoms with E-state index in [1.54, 1.807) is 23.9 Å². The average molecular weight is 288 g/mol. The highest BCUT2D eigenvalue weighted by molar-refractivity contribution is 7.98. The molecule has 0 aliphatic rings. The lowest BCUT2D eigenvalue weighted by Gasteiger charge is -2.08. The van der Waals surface area contributed by atoms with Crippen molar-refractivity contribution in [3.63, 3.8) is 0 Å². The Morgan fingerprint density at radius 2 is 2.28 bits per heavy atom. The first-order valence-electron chi connectivity index (χ1n) is 5.86. The summed E-state index contributed by atoms with van der Waals surface area (Å²) in [6, 6.07) is 3.44. The van der Waals surface area contributed by atoms with Crippen molar-refractivity contribution in [1.82, 2.24) is 10.3 Å². The summed E-state index contributed by atoms with van der Waals surface area (Å²) < 4.78 is 0. The van der Waals surface area contributed by atoms with Gasteiger partial charge in [0.1, 0.15) is 11.5 Å². The number of hydrogen-bond acceptors (Lipinski definition) is 4. The normalized spacial score (nSPS) is 10.2. The van der Waals surface area contributed by atoms with Gasteiger partial charge < -0.3 is 10.6 Å². The molecule has 1 aromatic rings. The molecular weight excluding hydrogens is 270 g/mol. The van der Waals surface area contributed by atoms with E-state index >= 15 is 0 Å². The number of thioether (sulfide) groups is 1. The first-order chi connectivity index (χ1) is 8.69. The summed E-state index contributed by atoms with van der Waals surface area (Å²) in [6.45, 7) is 3.37. The molecule has 0 aliphatic carbocycles. The van der Waals surface area contributed by atoms with Crippen molar-refractivity contribution in [3.8, 4) is 0 Å². The van der Waals surface area contributed by atoms with E-state index in [4.69, 9.17) is 11.6 Å². The number of amides is 1. The van der Waals surface area contributed by atoms with Crippen LogP contribution in [0.25, 0.3) is 0 Å². The number of pyridine rings is 1. The molecule has 1 rings (SSSR count). The fourth-order valence-electron chi connectivity index (χ4n) is 1.38. The second-order valence-corrected chi connectivity index (χ2v) is 5.05. The molecule has 0 spiro atoms. The third kappa shape index (κ3) is 4.74. The van der Waals surface area contributed by atoms with E-state index < -0.39 is 0 Å². The van der Waals surface area contributed by atoms with Gasteiger partial charge in [0, 0.05) is 13.1 Å². The molecule has 0 aliphatic heterocycles. The van der Waals surface area contributed by atoms with Crippen molar-refractivity contribution in [1.29, 1.82) is 0 Å². The summed E-state index contributed by atoms with van der Waals surface area (Å²) in [7, 11) is 0. The Bertz CT molecular complexity index is 401. The van der Waals surface area contributed by atoms with Gasteiger partial charge in [0.2, 0.25) is 0 Å². The zero-order valence-electron chi connectivity index (χ0n) is 10.6. The van der Waals surface area contributed by atoms with Crippen LogP contribution in [0.15, 0.2) is 12.1 Å². The minimum atomic E-state index is -0.221. The van der Waals surface area contributed by atoms with Crippen molar-refractivity contribution < 1.29 is 4.79 Å². The summed E-state index contributed by atoms with van der Waals surface area (Å²) in [5, 5.41) is 6.24. The van der Waals surface area contributed by atoms with E-state index in [0.29, 0.717) is 17.4 Å². The SMILES string of the molecule is CCNc1ccc(Cl)c(C(=O)NCCCSC)n1. The summed E-state index contributed by atoms with van der Waals surface area (Å²) in [5.74, 6) is 1.47. The van der Waals surface area contributed by atoms with E-state index in [-0.39, 0.29) is 11.6 Å². The number of nitrogens with zero attached hydrogens (tertiary/aromatic N) is 1. The number of aromatic nitrogens is 1. The van der Waals surface area contributed by atoms with Crippen molar-refractivity contribution in [3.05, 3.63) is 22.8 Å². The van der Waals surface area contributed by atoms with Gasteiger partial charge in [-0.2, -0.15) is 11.8 Å². The van der Waals surface area contributed by atoms with Crippen LogP contribution in [-0.2, 0) is 0 Å². The van der Waals surface area contributed by atoms with E-state index in [1.807, 2.05) is 13.2 Å².